The summed E-state index contributed by atoms with van der Waals surface area (Å²) in [5.74, 6) is -0.736. The number of aromatic nitrogens is 1. The van der Waals surface area contributed by atoms with Gasteiger partial charge < -0.3 is 15.4 Å². The van der Waals surface area contributed by atoms with Gasteiger partial charge in [0.25, 0.3) is 5.91 Å². The fourth-order valence-corrected chi connectivity index (χ4v) is 3.31. The van der Waals surface area contributed by atoms with Gasteiger partial charge in [-0.15, -0.1) is 12.6 Å². The highest BCUT2D eigenvalue weighted by molar-refractivity contribution is 7.80. The normalized spacial score (nSPS) is 12.5. The number of carbonyl (C=O) groups excluding carboxylic acids is 2. The molecule has 0 aliphatic carbocycles. The van der Waals surface area contributed by atoms with Crippen molar-refractivity contribution in [1.29, 1.82) is 0 Å². The number of thiol groups is 1. The standard InChI is InChI=1S/C24H24FN3O3S/c1-3-21(31-24(30)27-15(2)18-12-19(25)14-26-13-18)16-8-10-17(11-9-16)23(29)28-20-6-4-5-7-22(20)32/h4-15,21,32H,3H2,1-2H3,(H,27,30)(H,28,29)/t15-,21-/m0/s1. The minimum absolute atomic E-state index is 0.262. The lowest BCUT2D eigenvalue weighted by molar-refractivity contribution is 0.0924. The van der Waals surface area contributed by atoms with Crippen LogP contribution >= 0.6 is 12.6 Å². The van der Waals surface area contributed by atoms with Crippen LogP contribution in [0.25, 0.3) is 0 Å². The first-order valence-electron chi connectivity index (χ1n) is 10.1. The second kappa shape index (κ2) is 10.8. The van der Waals surface area contributed by atoms with Crippen molar-refractivity contribution in [2.45, 2.75) is 37.3 Å². The van der Waals surface area contributed by atoms with Crippen LogP contribution in [0.15, 0.2) is 71.9 Å². The fourth-order valence-electron chi connectivity index (χ4n) is 3.10. The van der Waals surface area contributed by atoms with Crippen molar-refractivity contribution in [3.8, 4) is 0 Å². The molecule has 0 saturated carbocycles. The summed E-state index contributed by atoms with van der Waals surface area (Å²) in [4.78, 5) is 29.3. The number of amides is 2. The zero-order valence-corrected chi connectivity index (χ0v) is 18.6. The lowest BCUT2D eigenvalue weighted by Gasteiger charge is -2.20. The number of hydrogen-bond acceptors (Lipinski definition) is 5. The van der Waals surface area contributed by atoms with Crippen LogP contribution in [0.2, 0.25) is 0 Å². The number of nitrogens with one attached hydrogen (secondary N) is 2. The molecule has 8 heteroatoms. The van der Waals surface area contributed by atoms with E-state index in [1.54, 1.807) is 43.3 Å². The van der Waals surface area contributed by atoms with Crippen molar-refractivity contribution < 1.29 is 18.7 Å². The smallest absolute Gasteiger partial charge is 0.408 e. The predicted molar refractivity (Wildman–Crippen MR) is 123 cm³/mol. The van der Waals surface area contributed by atoms with E-state index < -0.39 is 24.1 Å². The maximum atomic E-state index is 13.3. The molecule has 1 aromatic heterocycles. The number of para-hydroxylation sites is 1. The van der Waals surface area contributed by atoms with Crippen molar-refractivity contribution in [3.05, 3.63) is 89.5 Å². The van der Waals surface area contributed by atoms with Gasteiger partial charge in [0.05, 0.1) is 17.9 Å². The van der Waals surface area contributed by atoms with Crippen LogP contribution in [0, 0.1) is 5.82 Å². The lowest BCUT2D eigenvalue weighted by Crippen LogP contribution is -2.28. The zero-order chi connectivity index (χ0) is 23.1. The Labute approximate surface area is 191 Å². The molecular formula is C24H24FN3O3S. The number of rotatable bonds is 7. The van der Waals surface area contributed by atoms with Crippen molar-refractivity contribution in [3.63, 3.8) is 0 Å². The van der Waals surface area contributed by atoms with Crippen molar-refractivity contribution in [2.75, 3.05) is 5.32 Å². The Kier molecular flexibility index (Phi) is 7.83. The Hall–Kier alpha value is -3.39. The average molecular weight is 454 g/mol. The molecule has 3 aromatic rings. The molecule has 32 heavy (non-hydrogen) atoms. The second-order valence-corrected chi connectivity index (χ2v) is 7.68. The highest BCUT2D eigenvalue weighted by atomic mass is 32.1. The number of halogens is 1. The first-order chi connectivity index (χ1) is 15.4. The zero-order valence-electron chi connectivity index (χ0n) is 17.7. The molecule has 0 fully saturated rings. The third-order valence-corrected chi connectivity index (χ3v) is 5.27. The molecule has 0 bridgehead atoms. The number of nitrogens with zero attached hydrogens (tertiary/aromatic N) is 1. The van der Waals surface area contributed by atoms with E-state index in [2.05, 4.69) is 28.2 Å². The molecule has 6 nitrogen and oxygen atoms in total. The second-order valence-electron chi connectivity index (χ2n) is 7.20. The quantitative estimate of drug-likeness (QED) is 0.401. The van der Waals surface area contributed by atoms with Crippen molar-refractivity contribution in [1.82, 2.24) is 10.3 Å². The molecule has 0 aliphatic rings. The molecule has 2 aromatic carbocycles. The van der Waals surface area contributed by atoms with Gasteiger partial charge in [0.1, 0.15) is 11.9 Å². The largest absolute Gasteiger partial charge is 0.441 e. The summed E-state index contributed by atoms with van der Waals surface area (Å²) in [6.07, 6.45) is 2.01. The number of benzene rings is 2. The Bertz CT molecular complexity index is 1090. The van der Waals surface area contributed by atoms with Crippen LogP contribution in [0.4, 0.5) is 14.9 Å². The molecule has 2 atom stereocenters. The van der Waals surface area contributed by atoms with Gasteiger partial charge in [0.15, 0.2) is 0 Å². The van der Waals surface area contributed by atoms with Crippen LogP contribution in [0.1, 0.15) is 53.9 Å². The average Bonchev–Trinajstić information content (AvgIpc) is 2.79. The summed E-state index contributed by atoms with van der Waals surface area (Å²) < 4.78 is 18.9. The highest BCUT2D eigenvalue weighted by Crippen LogP contribution is 2.24. The molecule has 0 radical (unpaired) electrons. The summed E-state index contributed by atoms with van der Waals surface area (Å²) in [7, 11) is 0. The summed E-state index contributed by atoms with van der Waals surface area (Å²) in [5, 5.41) is 5.50. The number of carbonyl (C=O) groups is 2. The van der Waals surface area contributed by atoms with Gasteiger partial charge in [-0.1, -0.05) is 31.2 Å². The van der Waals surface area contributed by atoms with E-state index in [1.165, 1.54) is 12.3 Å². The van der Waals surface area contributed by atoms with Gasteiger partial charge in [0, 0.05) is 16.7 Å². The minimum atomic E-state index is -0.624. The van der Waals surface area contributed by atoms with E-state index in [0.717, 1.165) is 11.8 Å². The van der Waals surface area contributed by atoms with Gasteiger partial charge in [-0.3, -0.25) is 9.78 Å². The third kappa shape index (κ3) is 6.07. The maximum absolute atomic E-state index is 13.3. The van der Waals surface area contributed by atoms with Crippen molar-refractivity contribution in [2.24, 2.45) is 0 Å². The fraction of sp³-hybridized carbons (Fsp3) is 0.208. The molecule has 166 valence electrons. The molecule has 0 unspecified atom stereocenters. The van der Waals surface area contributed by atoms with Gasteiger partial charge in [-0.05, 0) is 54.8 Å². The predicted octanol–water partition coefficient (Wildman–Crippen LogP) is 5.70. The summed E-state index contributed by atoms with van der Waals surface area (Å²) in [5.41, 5.74) is 2.39. The van der Waals surface area contributed by atoms with Crippen LogP contribution in [0.3, 0.4) is 0 Å². The summed E-state index contributed by atoms with van der Waals surface area (Å²) in [6, 6.07) is 14.9. The summed E-state index contributed by atoms with van der Waals surface area (Å²) in [6.45, 7) is 3.61. The maximum Gasteiger partial charge on any atom is 0.408 e. The molecule has 0 spiro atoms. The number of hydrogen-bond donors (Lipinski definition) is 3. The molecule has 0 aliphatic heterocycles. The van der Waals surface area contributed by atoms with E-state index >= 15 is 0 Å². The first kappa shape index (κ1) is 23.3. The van der Waals surface area contributed by atoms with Crippen LogP contribution < -0.4 is 10.6 Å². The number of pyridine rings is 1. The van der Waals surface area contributed by atoms with E-state index in [0.29, 0.717) is 28.1 Å². The molecule has 2 N–H and O–H groups in total. The van der Waals surface area contributed by atoms with E-state index in [4.69, 9.17) is 4.74 Å². The Morgan fingerprint density at radius 3 is 2.47 bits per heavy atom. The van der Waals surface area contributed by atoms with Crippen LogP contribution in [-0.2, 0) is 4.74 Å². The molecular weight excluding hydrogens is 429 g/mol. The molecule has 2 amide bonds. The molecule has 3 rings (SSSR count). The Morgan fingerprint density at radius 1 is 1.09 bits per heavy atom. The molecule has 0 saturated heterocycles. The van der Waals surface area contributed by atoms with Gasteiger partial charge in [0.2, 0.25) is 0 Å². The van der Waals surface area contributed by atoms with Gasteiger partial charge >= 0.3 is 6.09 Å². The van der Waals surface area contributed by atoms with Gasteiger partial charge in [-0.25, -0.2) is 9.18 Å². The molecule has 1 heterocycles. The first-order valence-corrected chi connectivity index (χ1v) is 10.6. The summed E-state index contributed by atoms with van der Waals surface area (Å²) >= 11 is 4.33. The van der Waals surface area contributed by atoms with Gasteiger partial charge in [-0.2, -0.15) is 0 Å². The van der Waals surface area contributed by atoms with E-state index in [-0.39, 0.29) is 5.91 Å². The Morgan fingerprint density at radius 2 is 1.81 bits per heavy atom. The lowest BCUT2D eigenvalue weighted by atomic mass is 10.0. The number of ether oxygens (including phenoxy) is 1. The monoisotopic (exact) mass is 453 g/mol. The highest BCUT2D eigenvalue weighted by Gasteiger charge is 2.18. The number of anilines is 1. The van der Waals surface area contributed by atoms with Crippen LogP contribution in [-0.4, -0.2) is 17.0 Å². The topological polar surface area (TPSA) is 80.3 Å². The van der Waals surface area contributed by atoms with E-state index in [9.17, 15) is 14.0 Å². The van der Waals surface area contributed by atoms with E-state index in [1.807, 2.05) is 19.1 Å². The SMILES string of the molecule is CC[C@H](OC(=O)N[C@@H](C)c1cncc(F)c1)c1ccc(C(=O)Nc2ccccc2S)cc1. The number of alkyl carbamates (subject to hydrolysis) is 1. The third-order valence-electron chi connectivity index (χ3n) is 4.88. The minimum Gasteiger partial charge on any atom is -0.441 e. The van der Waals surface area contributed by atoms with Crippen LogP contribution in [0.5, 0.6) is 0 Å². The Balaban J connectivity index is 1.61. The van der Waals surface area contributed by atoms with Crippen molar-refractivity contribution >= 4 is 30.3 Å².